The second-order valence-corrected chi connectivity index (χ2v) is 6.69. The van der Waals surface area contributed by atoms with Crippen LogP contribution in [-0.4, -0.2) is 41.9 Å². The molecule has 22 heavy (non-hydrogen) atoms. The van der Waals surface area contributed by atoms with Gasteiger partial charge in [-0.2, -0.15) is 0 Å². The minimum atomic E-state index is -0.218. The highest BCUT2D eigenvalue weighted by Crippen LogP contribution is 2.19. The smallest absolute Gasteiger partial charge is 0.217 e. The predicted octanol–water partition coefficient (Wildman–Crippen LogP) is 1.73. The second kappa shape index (κ2) is 9.29. The molecular formula is C14H24IN5OS. The van der Waals surface area contributed by atoms with E-state index in [4.69, 9.17) is 5.73 Å². The van der Waals surface area contributed by atoms with Gasteiger partial charge in [0, 0.05) is 37.6 Å². The summed E-state index contributed by atoms with van der Waals surface area (Å²) in [6, 6.07) is 0. The van der Waals surface area contributed by atoms with Crippen LogP contribution in [0.15, 0.2) is 11.2 Å². The van der Waals surface area contributed by atoms with Crippen LogP contribution >= 0.6 is 35.3 Å². The van der Waals surface area contributed by atoms with Gasteiger partial charge in [-0.1, -0.05) is 0 Å². The number of hydrogen-bond donors (Lipinski definition) is 2. The first kappa shape index (κ1) is 19.1. The van der Waals surface area contributed by atoms with E-state index in [1.54, 1.807) is 18.4 Å². The number of thiazole rings is 1. The third-order valence-electron chi connectivity index (χ3n) is 3.61. The Labute approximate surface area is 152 Å². The highest BCUT2D eigenvalue weighted by atomic mass is 127. The minimum Gasteiger partial charge on any atom is -0.370 e. The zero-order chi connectivity index (χ0) is 15.2. The average Bonchev–Trinajstić information content (AvgIpc) is 2.85. The van der Waals surface area contributed by atoms with Crippen molar-refractivity contribution in [2.45, 2.75) is 32.7 Å². The third kappa shape index (κ3) is 5.71. The van der Waals surface area contributed by atoms with Gasteiger partial charge in [0.2, 0.25) is 5.91 Å². The standard InChI is InChI=1S/C14H23N5OS.HI/c1-10-17-7-12(21-10)8-18-14(16-2)19-5-3-4-11(9-19)6-13(15)20;/h7,11H,3-6,8-9H2,1-2H3,(H2,15,20)(H,16,18);1H. The maximum atomic E-state index is 11.1. The summed E-state index contributed by atoms with van der Waals surface area (Å²) in [7, 11) is 1.79. The molecule has 0 aliphatic carbocycles. The molecule has 8 heteroatoms. The molecule has 1 amide bonds. The third-order valence-corrected chi connectivity index (χ3v) is 4.52. The summed E-state index contributed by atoms with van der Waals surface area (Å²) in [4.78, 5) is 23.1. The Morgan fingerprint density at radius 3 is 3.00 bits per heavy atom. The van der Waals surface area contributed by atoms with Gasteiger partial charge in [-0.25, -0.2) is 4.98 Å². The number of aromatic nitrogens is 1. The topological polar surface area (TPSA) is 83.6 Å². The van der Waals surface area contributed by atoms with Crippen LogP contribution in [0.3, 0.4) is 0 Å². The first-order valence-corrected chi connectivity index (χ1v) is 8.05. The Balaban J connectivity index is 0.00000242. The molecule has 1 aliphatic rings. The number of hydrogen-bond acceptors (Lipinski definition) is 4. The number of rotatable bonds is 4. The second-order valence-electron chi connectivity index (χ2n) is 5.37. The van der Waals surface area contributed by atoms with E-state index in [2.05, 4.69) is 20.2 Å². The number of nitrogens with zero attached hydrogens (tertiary/aromatic N) is 3. The van der Waals surface area contributed by atoms with Crippen molar-refractivity contribution in [3.63, 3.8) is 0 Å². The largest absolute Gasteiger partial charge is 0.370 e. The molecule has 0 bridgehead atoms. The van der Waals surface area contributed by atoms with E-state index in [0.29, 0.717) is 12.3 Å². The first-order chi connectivity index (χ1) is 10.1. The number of nitrogens with one attached hydrogen (secondary N) is 1. The summed E-state index contributed by atoms with van der Waals surface area (Å²) in [5.74, 6) is 1.00. The molecule has 0 spiro atoms. The van der Waals surface area contributed by atoms with E-state index in [1.807, 2.05) is 13.1 Å². The number of amides is 1. The molecule has 1 unspecified atom stereocenters. The predicted molar refractivity (Wildman–Crippen MR) is 101 cm³/mol. The molecule has 2 rings (SSSR count). The summed E-state index contributed by atoms with van der Waals surface area (Å²) < 4.78 is 0. The van der Waals surface area contributed by atoms with Crippen LogP contribution in [0.25, 0.3) is 0 Å². The Morgan fingerprint density at radius 1 is 1.64 bits per heavy atom. The van der Waals surface area contributed by atoms with E-state index in [1.165, 1.54) is 4.88 Å². The number of primary amides is 1. The van der Waals surface area contributed by atoms with Crippen molar-refractivity contribution in [3.05, 3.63) is 16.1 Å². The zero-order valence-corrected chi connectivity index (χ0v) is 16.2. The molecule has 1 saturated heterocycles. The molecular weight excluding hydrogens is 413 g/mol. The number of carbonyl (C=O) groups is 1. The summed E-state index contributed by atoms with van der Waals surface area (Å²) in [6.45, 7) is 4.54. The maximum Gasteiger partial charge on any atom is 0.217 e. The van der Waals surface area contributed by atoms with E-state index in [9.17, 15) is 4.79 Å². The van der Waals surface area contributed by atoms with Crippen molar-refractivity contribution in [3.8, 4) is 0 Å². The van der Waals surface area contributed by atoms with Crippen molar-refractivity contribution in [2.24, 2.45) is 16.6 Å². The number of piperidine rings is 1. The van der Waals surface area contributed by atoms with Crippen molar-refractivity contribution >= 4 is 47.2 Å². The van der Waals surface area contributed by atoms with Crippen molar-refractivity contribution in [1.29, 1.82) is 0 Å². The number of nitrogens with two attached hydrogens (primary N) is 1. The summed E-state index contributed by atoms with van der Waals surface area (Å²) in [6.07, 6.45) is 4.48. The van der Waals surface area contributed by atoms with E-state index < -0.39 is 0 Å². The van der Waals surface area contributed by atoms with Gasteiger partial charge in [0.25, 0.3) is 0 Å². The number of halogens is 1. The zero-order valence-electron chi connectivity index (χ0n) is 13.0. The van der Waals surface area contributed by atoms with Gasteiger partial charge in [-0.3, -0.25) is 9.79 Å². The van der Waals surface area contributed by atoms with Crippen LogP contribution in [-0.2, 0) is 11.3 Å². The van der Waals surface area contributed by atoms with Crippen LogP contribution in [0, 0.1) is 12.8 Å². The molecule has 0 saturated carbocycles. The number of guanidine groups is 1. The molecule has 3 N–H and O–H groups in total. The molecule has 0 radical (unpaired) electrons. The quantitative estimate of drug-likeness (QED) is 0.427. The number of carbonyl (C=O) groups excluding carboxylic acids is 1. The first-order valence-electron chi connectivity index (χ1n) is 7.23. The fourth-order valence-electron chi connectivity index (χ4n) is 2.69. The average molecular weight is 437 g/mol. The Morgan fingerprint density at radius 2 is 2.41 bits per heavy atom. The van der Waals surface area contributed by atoms with Gasteiger partial charge >= 0.3 is 0 Å². The highest BCUT2D eigenvalue weighted by molar-refractivity contribution is 14.0. The lowest BCUT2D eigenvalue weighted by Gasteiger charge is -2.34. The summed E-state index contributed by atoms with van der Waals surface area (Å²) >= 11 is 1.69. The molecule has 1 aliphatic heterocycles. The molecule has 2 heterocycles. The Bertz CT molecular complexity index is 519. The maximum absolute atomic E-state index is 11.1. The summed E-state index contributed by atoms with van der Waals surface area (Å²) in [5.41, 5.74) is 5.31. The van der Waals surface area contributed by atoms with Crippen LogP contribution in [0.1, 0.15) is 29.1 Å². The van der Waals surface area contributed by atoms with Gasteiger partial charge in [-0.05, 0) is 25.7 Å². The Hall–Kier alpha value is -0.900. The lowest BCUT2D eigenvalue weighted by Crippen LogP contribution is -2.46. The SMILES string of the molecule is CN=C(NCc1cnc(C)s1)N1CCCC(CC(N)=O)C1.I. The number of aryl methyl sites for hydroxylation is 1. The van der Waals surface area contributed by atoms with Crippen LogP contribution in [0.4, 0.5) is 0 Å². The van der Waals surface area contributed by atoms with E-state index in [-0.39, 0.29) is 29.9 Å². The Kier molecular flexibility index (Phi) is 8.08. The normalized spacial score (nSPS) is 18.7. The van der Waals surface area contributed by atoms with E-state index in [0.717, 1.165) is 43.4 Å². The monoisotopic (exact) mass is 437 g/mol. The van der Waals surface area contributed by atoms with Gasteiger partial charge < -0.3 is 16.0 Å². The molecule has 0 aromatic carbocycles. The molecule has 1 aromatic heterocycles. The number of likely N-dealkylation sites (tertiary alicyclic amines) is 1. The van der Waals surface area contributed by atoms with Gasteiger partial charge in [0.05, 0.1) is 11.6 Å². The van der Waals surface area contributed by atoms with Crippen molar-refractivity contribution < 1.29 is 4.79 Å². The van der Waals surface area contributed by atoms with Crippen LogP contribution < -0.4 is 11.1 Å². The summed E-state index contributed by atoms with van der Waals surface area (Å²) in [5, 5.41) is 4.44. The van der Waals surface area contributed by atoms with Gasteiger partial charge in [-0.15, -0.1) is 35.3 Å². The van der Waals surface area contributed by atoms with Gasteiger partial charge in [0.15, 0.2) is 5.96 Å². The molecule has 1 atom stereocenters. The van der Waals surface area contributed by atoms with Crippen LogP contribution in [0.5, 0.6) is 0 Å². The fourth-order valence-corrected chi connectivity index (χ4v) is 3.43. The fraction of sp³-hybridized carbons (Fsp3) is 0.643. The van der Waals surface area contributed by atoms with E-state index >= 15 is 0 Å². The minimum absolute atomic E-state index is 0. The highest BCUT2D eigenvalue weighted by Gasteiger charge is 2.23. The molecule has 1 aromatic rings. The lowest BCUT2D eigenvalue weighted by molar-refractivity contribution is -0.119. The van der Waals surface area contributed by atoms with Crippen molar-refractivity contribution in [2.75, 3.05) is 20.1 Å². The van der Waals surface area contributed by atoms with Gasteiger partial charge in [0.1, 0.15) is 0 Å². The molecule has 124 valence electrons. The molecule has 6 nitrogen and oxygen atoms in total. The van der Waals surface area contributed by atoms with Crippen molar-refractivity contribution in [1.82, 2.24) is 15.2 Å². The molecule has 1 fully saturated rings. The number of aliphatic imine (C=N–C) groups is 1. The lowest BCUT2D eigenvalue weighted by atomic mass is 9.95. The van der Waals surface area contributed by atoms with Crippen LogP contribution in [0.2, 0.25) is 0 Å².